The molecule has 1 fully saturated rings. The van der Waals surface area contributed by atoms with Gasteiger partial charge in [0.25, 0.3) is 11.8 Å². The van der Waals surface area contributed by atoms with Gasteiger partial charge in [0, 0.05) is 11.1 Å². The number of imide groups is 1. The molecule has 1 saturated heterocycles. The number of rotatable bonds is 5. The quantitative estimate of drug-likeness (QED) is 0.720. The number of hydrogen-bond donors (Lipinski definition) is 0. The van der Waals surface area contributed by atoms with Gasteiger partial charge in [-0.15, -0.1) is 0 Å². The van der Waals surface area contributed by atoms with Gasteiger partial charge in [0.15, 0.2) is 23.6 Å². The molecule has 0 spiro atoms. The molecular weight excluding hydrogens is 384 g/mol. The fourth-order valence-electron chi connectivity index (χ4n) is 3.39. The van der Waals surface area contributed by atoms with Crippen LogP contribution in [0.3, 0.4) is 0 Å². The van der Waals surface area contributed by atoms with Crippen molar-refractivity contribution >= 4 is 29.1 Å². The van der Waals surface area contributed by atoms with Gasteiger partial charge in [-0.05, 0) is 29.8 Å². The number of nitrogens with zero attached hydrogens (tertiary/aromatic N) is 4. The summed E-state index contributed by atoms with van der Waals surface area (Å²) in [5, 5.41) is 10.2. The first-order chi connectivity index (χ1) is 13.5. The Labute approximate surface area is 166 Å². The minimum absolute atomic E-state index is 0.323. The van der Waals surface area contributed by atoms with E-state index in [1.54, 1.807) is 30.3 Å². The molecule has 0 aromatic heterocycles. The summed E-state index contributed by atoms with van der Waals surface area (Å²) in [5.74, 6) is 0.136. The maximum Gasteiger partial charge on any atom is 0.263 e. The lowest BCUT2D eigenvalue weighted by molar-refractivity contribution is -0.123. The third-order valence-electron chi connectivity index (χ3n) is 4.72. The minimum atomic E-state index is -0.861. The van der Waals surface area contributed by atoms with Crippen LogP contribution in [0.2, 0.25) is 5.02 Å². The fraction of sp³-hybridized carbons (Fsp3) is 0.263. The van der Waals surface area contributed by atoms with Gasteiger partial charge in [-0.1, -0.05) is 29.0 Å². The van der Waals surface area contributed by atoms with E-state index in [-0.39, 0.29) is 5.91 Å². The molecule has 0 unspecified atom stereocenters. The van der Waals surface area contributed by atoms with Crippen molar-refractivity contribution in [3.05, 3.63) is 53.1 Å². The summed E-state index contributed by atoms with van der Waals surface area (Å²) in [7, 11) is 3.01. The van der Waals surface area contributed by atoms with Crippen LogP contribution in [0.25, 0.3) is 0 Å². The molecule has 144 valence electrons. The van der Waals surface area contributed by atoms with E-state index in [2.05, 4.69) is 10.3 Å². The number of fused-ring (bicyclic) bond motifs is 1. The van der Waals surface area contributed by atoms with E-state index in [1.807, 2.05) is 12.1 Å². The molecular formula is C19H17ClN4O4. The molecule has 2 aromatic rings. The van der Waals surface area contributed by atoms with Crippen molar-refractivity contribution in [3.63, 3.8) is 0 Å². The third-order valence-corrected chi connectivity index (χ3v) is 4.95. The summed E-state index contributed by atoms with van der Waals surface area (Å²) in [5.41, 5.74) is 1.27. The molecule has 2 aliphatic heterocycles. The maximum absolute atomic E-state index is 13.1. The molecule has 0 bridgehead atoms. The van der Waals surface area contributed by atoms with E-state index in [0.29, 0.717) is 28.8 Å². The molecule has 0 saturated carbocycles. The average molecular weight is 401 g/mol. The highest BCUT2D eigenvalue weighted by molar-refractivity contribution is 6.30. The zero-order valence-corrected chi connectivity index (χ0v) is 16.0. The smallest absolute Gasteiger partial charge is 0.263 e. The van der Waals surface area contributed by atoms with E-state index in [9.17, 15) is 9.59 Å². The fourth-order valence-corrected chi connectivity index (χ4v) is 3.61. The molecule has 8 nitrogen and oxygen atoms in total. The van der Waals surface area contributed by atoms with Gasteiger partial charge >= 0.3 is 0 Å². The normalized spacial score (nSPS) is 20.7. The molecule has 0 N–H and O–H groups in total. The number of methoxy groups -OCH3 is 2. The van der Waals surface area contributed by atoms with Crippen LogP contribution in [0.15, 0.2) is 52.8 Å². The molecule has 2 amide bonds. The standard InChI is InChI=1S/C19H17ClN4O4/c1-27-14-7-6-13(9-15(14)28-2)24-18(25)16-17(19(24)26)23(22-21-16)10-11-4-3-5-12(20)8-11/h3-9,16-17H,10H2,1-2H3/t16-,17-/m0/s1. The zero-order chi connectivity index (χ0) is 19.8. The molecule has 2 atom stereocenters. The van der Waals surface area contributed by atoms with Crippen LogP contribution >= 0.6 is 11.6 Å². The first-order valence-electron chi connectivity index (χ1n) is 8.55. The third kappa shape index (κ3) is 2.95. The first-order valence-corrected chi connectivity index (χ1v) is 8.93. The Morgan fingerprint density at radius 1 is 1.04 bits per heavy atom. The number of amides is 2. The lowest BCUT2D eigenvalue weighted by atomic mass is 10.1. The van der Waals surface area contributed by atoms with E-state index >= 15 is 0 Å². The number of hydrogen-bond acceptors (Lipinski definition) is 7. The van der Waals surface area contributed by atoms with E-state index < -0.39 is 18.0 Å². The van der Waals surface area contributed by atoms with Crippen LogP contribution < -0.4 is 14.4 Å². The van der Waals surface area contributed by atoms with Crippen LogP contribution in [0.1, 0.15) is 5.56 Å². The molecule has 2 aliphatic rings. The predicted molar refractivity (Wildman–Crippen MR) is 101 cm³/mol. The van der Waals surface area contributed by atoms with E-state index in [0.717, 1.165) is 10.5 Å². The van der Waals surface area contributed by atoms with Crippen molar-refractivity contribution in [3.8, 4) is 11.5 Å². The molecule has 2 heterocycles. The second-order valence-electron chi connectivity index (χ2n) is 6.37. The van der Waals surface area contributed by atoms with E-state index in [1.165, 1.54) is 19.2 Å². The Morgan fingerprint density at radius 3 is 2.54 bits per heavy atom. The van der Waals surface area contributed by atoms with Crippen LogP contribution in [-0.2, 0) is 16.1 Å². The molecule has 0 radical (unpaired) electrons. The van der Waals surface area contributed by atoms with Crippen LogP contribution in [0, 0.1) is 0 Å². The summed E-state index contributed by atoms with van der Waals surface area (Å²) in [6.07, 6.45) is 0. The Hall–Kier alpha value is -3.13. The summed E-state index contributed by atoms with van der Waals surface area (Å²) >= 11 is 6.03. The van der Waals surface area contributed by atoms with Gasteiger partial charge in [0.2, 0.25) is 0 Å². The highest BCUT2D eigenvalue weighted by Crippen LogP contribution is 2.37. The topological polar surface area (TPSA) is 83.8 Å². The number of carbonyl (C=O) groups is 2. The SMILES string of the molecule is COc1ccc(N2C(=O)[C@H]3N=NN(Cc4cccc(Cl)c4)[C@@H]3C2=O)cc1OC. The maximum atomic E-state index is 13.1. The van der Waals surface area contributed by atoms with Gasteiger partial charge < -0.3 is 9.47 Å². The predicted octanol–water partition coefficient (Wildman–Crippen LogP) is 2.85. The van der Waals surface area contributed by atoms with Crippen molar-refractivity contribution in [2.45, 2.75) is 18.6 Å². The van der Waals surface area contributed by atoms with Crippen molar-refractivity contribution < 1.29 is 19.1 Å². The molecule has 28 heavy (non-hydrogen) atoms. The minimum Gasteiger partial charge on any atom is -0.493 e. The Bertz CT molecular complexity index is 980. The van der Waals surface area contributed by atoms with Crippen LogP contribution in [-0.4, -0.2) is 43.1 Å². The molecule has 4 rings (SSSR count). The summed E-state index contributed by atoms with van der Waals surface area (Å²) in [6.45, 7) is 0.323. The average Bonchev–Trinajstić information content (AvgIpc) is 3.21. The highest BCUT2D eigenvalue weighted by Gasteiger charge is 2.54. The Balaban J connectivity index is 1.61. The highest BCUT2D eigenvalue weighted by atomic mass is 35.5. The lowest BCUT2D eigenvalue weighted by Gasteiger charge is -2.21. The van der Waals surface area contributed by atoms with Gasteiger partial charge in [0.1, 0.15) is 0 Å². The van der Waals surface area contributed by atoms with Gasteiger partial charge in [-0.3, -0.25) is 14.6 Å². The molecule has 9 heteroatoms. The summed E-state index contributed by atoms with van der Waals surface area (Å²) in [6, 6.07) is 10.5. The van der Waals surface area contributed by atoms with E-state index in [4.69, 9.17) is 21.1 Å². The van der Waals surface area contributed by atoms with Crippen molar-refractivity contribution in [2.75, 3.05) is 19.1 Å². The second-order valence-corrected chi connectivity index (χ2v) is 6.81. The molecule has 0 aliphatic carbocycles. The lowest BCUT2D eigenvalue weighted by Crippen LogP contribution is -2.39. The zero-order valence-electron chi connectivity index (χ0n) is 15.2. The van der Waals surface area contributed by atoms with Crippen molar-refractivity contribution in [1.29, 1.82) is 0 Å². The number of carbonyl (C=O) groups excluding carboxylic acids is 2. The van der Waals surface area contributed by atoms with Crippen LogP contribution in [0.5, 0.6) is 11.5 Å². The van der Waals surface area contributed by atoms with Gasteiger partial charge in [0.05, 0.1) is 26.5 Å². The van der Waals surface area contributed by atoms with Crippen molar-refractivity contribution in [1.82, 2.24) is 5.01 Å². The Kier molecular flexibility index (Phi) is 4.64. The van der Waals surface area contributed by atoms with Gasteiger partial charge in [-0.25, -0.2) is 4.90 Å². The number of halogens is 1. The number of anilines is 1. The first kappa shape index (κ1) is 18.2. The summed E-state index contributed by atoms with van der Waals surface area (Å²) in [4.78, 5) is 27.0. The second kappa shape index (κ2) is 7.12. The van der Waals surface area contributed by atoms with Crippen molar-refractivity contribution in [2.24, 2.45) is 10.3 Å². The van der Waals surface area contributed by atoms with Crippen LogP contribution in [0.4, 0.5) is 5.69 Å². The molecule has 2 aromatic carbocycles. The number of benzene rings is 2. The summed E-state index contributed by atoms with van der Waals surface area (Å²) < 4.78 is 10.5. The monoisotopic (exact) mass is 400 g/mol. The van der Waals surface area contributed by atoms with Gasteiger partial charge in [-0.2, -0.15) is 5.11 Å². The Morgan fingerprint density at radius 2 is 1.82 bits per heavy atom. The largest absolute Gasteiger partial charge is 0.493 e. The number of ether oxygens (including phenoxy) is 2.